The largest absolute Gasteiger partial charge is 0.301 e. The van der Waals surface area contributed by atoms with Crippen molar-refractivity contribution in [3.05, 3.63) is 21.9 Å². The maximum absolute atomic E-state index is 4.34. The third-order valence-electron chi connectivity index (χ3n) is 3.04. The van der Waals surface area contributed by atoms with Crippen molar-refractivity contribution in [2.24, 2.45) is 4.99 Å². The molecule has 0 aromatic heterocycles. The third kappa shape index (κ3) is 6.11. The highest BCUT2D eigenvalue weighted by Gasteiger charge is 2.15. The molecule has 0 spiro atoms. The molecule has 102 valence electrons. The minimum atomic E-state index is 0.942. The Labute approximate surface area is 125 Å². The number of piperazine rings is 1. The smallest absolute Gasteiger partial charge is 0.0966 e. The summed E-state index contributed by atoms with van der Waals surface area (Å²) in [5.74, 6) is 0. The van der Waals surface area contributed by atoms with Crippen LogP contribution >= 0.6 is 22.6 Å². The predicted molar refractivity (Wildman–Crippen MR) is 88.6 cm³/mol. The Bertz CT molecular complexity index is 315. The van der Waals surface area contributed by atoms with E-state index in [4.69, 9.17) is 0 Å². The first-order valence-corrected chi connectivity index (χ1v) is 7.72. The summed E-state index contributed by atoms with van der Waals surface area (Å²) >= 11 is 2.22. The number of hydrogen-bond acceptors (Lipinski definition) is 3. The van der Waals surface area contributed by atoms with Gasteiger partial charge >= 0.3 is 0 Å². The van der Waals surface area contributed by atoms with Crippen molar-refractivity contribution in [3.8, 4) is 0 Å². The van der Waals surface area contributed by atoms with Gasteiger partial charge in [0.15, 0.2) is 0 Å². The van der Waals surface area contributed by atoms with E-state index >= 15 is 0 Å². The molecule has 4 heteroatoms. The van der Waals surface area contributed by atoms with Gasteiger partial charge in [0.1, 0.15) is 0 Å². The maximum atomic E-state index is 4.34. The van der Waals surface area contributed by atoms with Crippen LogP contribution in [-0.2, 0) is 0 Å². The van der Waals surface area contributed by atoms with Crippen LogP contribution in [-0.4, -0.2) is 55.3 Å². The molecule has 0 saturated carbocycles. The minimum absolute atomic E-state index is 0.942. The van der Waals surface area contributed by atoms with Gasteiger partial charge in [0, 0.05) is 38.9 Å². The molecular formula is C14H24IN3. The third-order valence-corrected chi connectivity index (χ3v) is 3.94. The van der Waals surface area contributed by atoms with Gasteiger partial charge in [0.25, 0.3) is 0 Å². The van der Waals surface area contributed by atoms with Crippen LogP contribution in [0.2, 0.25) is 0 Å². The van der Waals surface area contributed by atoms with Gasteiger partial charge in [-0.3, -0.25) is 9.89 Å². The molecule has 0 atom stereocenters. The molecule has 1 heterocycles. The molecule has 1 saturated heterocycles. The molecule has 18 heavy (non-hydrogen) atoms. The molecule has 0 unspecified atom stereocenters. The van der Waals surface area contributed by atoms with Gasteiger partial charge in [0.2, 0.25) is 0 Å². The number of halogens is 1. The molecule has 0 aromatic rings. The Hall–Kier alpha value is -0.200. The van der Waals surface area contributed by atoms with Crippen LogP contribution in [0.15, 0.2) is 26.9 Å². The topological polar surface area (TPSA) is 18.8 Å². The average Bonchev–Trinajstić information content (AvgIpc) is 2.38. The van der Waals surface area contributed by atoms with Crippen LogP contribution in [0.4, 0.5) is 0 Å². The van der Waals surface area contributed by atoms with E-state index in [-0.39, 0.29) is 0 Å². The van der Waals surface area contributed by atoms with Crippen molar-refractivity contribution < 1.29 is 0 Å². The van der Waals surface area contributed by atoms with E-state index in [0.717, 1.165) is 28.9 Å². The molecule has 1 rings (SSSR count). The van der Waals surface area contributed by atoms with Crippen molar-refractivity contribution >= 4 is 28.8 Å². The van der Waals surface area contributed by atoms with Gasteiger partial charge in [-0.05, 0) is 48.1 Å². The molecule has 0 aromatic carbocycles. The molecule has 1 aliphatic heterocycles. The van der Waals surface area contributed by atoms with Crippen LogP contribution in [0.5, 0.6) is 0 Å². The Kier molecular flexibility index (Phi) is 7.77. The second kappa shape index (κ2) is 8.82. The fourth-order valence-electron chi connectivity index (χ4n) is 2.04. The van der Waals surface area contributed by atoms with Gasteiger partial charge in [-0.1, -0.05) is 19.6 Å². The minimum Gasteiger partial charge on any atom is -0.301 e. The summed E-state index contributed by atoms with van der Waals surface area (Å²) in [6.07, 6.45) is 5.13. The standard InChI is InChI=1S/C14H24IN3/c1-4-6-17-7-9-18(10-8-17)12-13(3)11-16-14(15)5-2/h5,11H,3-4,6-10,12H2,1-2H3/b14-5-,16-11-. The van der Waals surface area contributed by atoms with E-state index in [2.05, 4.69) is 50.9 Å². The SMILES string of the molecule is C=C(/C=N\C(I)=C/C)CN1CCN(CCC)CC1. The molecule has 1 fully saturated rings. The highest BCUT2D eigenvalue weighted by atomic mass is 127. The molecule has 3 nitrogen and oxygen atoms in total. The Balaban J connectivity index is 2.28. The Morgan fingerprint density at radius 1 is 1.28 bits per heavy atom. The lowest BCUT2D eigenvalue weighted by Gasteiger charge is -2.34. The van der Waals surface area contributed by atoms with Crippen molar-refractivity contribution in [3.63, 3.8) is 0 Å². The van der Waals surface area contributed by atoms with Crippen LogP contribution in [0.25, 0.3) is 0 Å². The summed E-state index contributed by atoms with van der Waals surface area (Å²) < 4.78 is 1.02. The second-order valence-electron chi connectivity index (χ2n) is 4.65. The van der Waals surface area contributed by atoms with Gasteiger partial charge < -0.3 is 4.90 Å². The molecule has 0 radical (unpaired) electrons. The zero-order valence-corrected chi connectivity index (χ0v) is 13.7. The summed E-state index contributed by atoms with van der Waals surface area (Å²) in [5.41, 5.74) is 1.09. The highest BCUT2D eigenvalue weighted by Crippen LogP contribution is 2.08. The van der Waals surface area contributed by atoms with E-state index < -0.39 is 0 Å². The Morgan fingerprint density at radius 3 is 2.44 bits per heavy atom. The lowest BCUT2D eigenvalue weighted by Crippen LogP contribution is -2.46. The molecule has 0 amide bonds. The molecular weight excluding hydrogens is 337 g/mol. The number of nitrogens with zero attached hydrogens (tertiary/aromatic N) is 3. The summed E-state index contributed by atoms with van der Waals surface area (Å²) in [4.78, 5) is 9.34. The quantitative estimate of drug-likeness (QED) is 0.412. The first-order chi connectivity index (χ1) is 8.65. The molecule has 1 aliphatic rings. The average molecular weight is 361 g/mol. The summed E-state index contributed by atoms with van der Waals surface area (Å²) in [7, 11) is 0. The number of allylic oxidation sites excluding steroid dienone is 1. The first-order valence-electron chi connectivity index (χ1n) is 6.64. The van der Waals surface area contributed by atoms with Gasteiger partial charge in [-0.2, -0.15) is 0 Å². The number of aliphatic imine (C=N–C) groups is 1. The van der Waals surface area contributed by atoms with Crippen molar-refractivity contribution in [2.45, 2.75) is 20.3 Å². The summed E-state index contributed by atoms with van der Waals surface area (Å²) in [5, 5.41) is 0. The van der Waals surface area contributed by atoms with Crippen LogP contribution < -0.4 is 0 Å². The molecule has 0 bridgehead atoms. The van der Waals surface area contributed by atoms with Crippen LogP contribution in [0.3, 0.4) is 0 Å². The van der Waals surface area contributed by atoms with Gasteiger partial charge in [-0.15, -0.1) is 0 Å². The van der Waals surface area contributed by atoms with Gasteiger partial charge in [-0.25, -0.2) is 0 Å². The molecule has 0 aliphatic carbocycles. The first kappa shape index (κ1) is 15.9. The maximum Gasteiger partial charge on any atom is 0.0966 e. The summed E-state index contributed by atoms with van der Waals surface area (Å²) in [6, 6.07) is 0. The van der Waals surface area contributed by atoms with Crippen molar-refractivity contribution in [1.29, 1.82) is 0 Å². The highest BCUT2D eigenvalue weighted by molar-refractivity contribution is 14.1. The summed E-state index contributed by atoms with van der Waals surface area (Å²) in [6.45, 7) is 15.2. The lowest BCUT2D eigenvalue weighted by molar-refractivity contribution is 0.142. The molecule has 0 N–H and O–H groups in total. The van der Waals surface area contributed by atoms with Crippen LogP contribution in [0.1, 0.15) is 20.3 Å². The van der Waals surface area contributed by atoms with E-state index in [1.807, 2.05) is 19.2 Å². The van der Waals surface area contributed by atoms with Crippen molar-refractivity contribution in [2.75, 3.05) is 39.3 Å². The fourth-order valence-corrected chi connectivity index (χ4v) is 2.18. The van der Waals surface area contributed by atoms with Crippen molar-refractivity contribution in [1.82, 2.24) is 9.80 Å². The Morgan fingerprint density at radius 2 is 1.89 bits per heavy atom. The zero-order valence-electron chi connectivity index (χ0n) is 11.5. The van der Waals surface area contributed by atoms with E-state index in [0.29, 0.717) is 0 Å². The van der Waals surface area contributed by atoms with Gasteiger partial charge in [0.05, 0.1) is 3.70 Å². The predicted octanol–water partition coefficient (Wildman–Crippen LogP) is 2.94. The lowest BCUT2D eigenvalue weighted by atomic mass is 10.2. The number of rotatable bonds is 6. The normalized spacial score (nSPS) is 19.6. The second-order valence-corrected chi connectivity index (χ2v) is 5.75. The monoisotopic (exact) mass is 361 g/mol. The van der Waals surface area contributed by atoms with E-state index in [1.54, 1.807) is 0 Å². The van der Waals surface area contributed by atoms with Crippen LogP contribution in [0, 0.1) is 0 Å². The fraction of sp³-hybridized carbons (Fsp3) is 0.643. The zero-order chi connectivity index (χ0) is 13.4. The van der Waals surface area contributed by atoms with E-state index in [9.17, 15) is 0 Å². The number of hydrogen-bond donors (Lipinski definition) is 0. The van der Waals surface area contributed by atoms with E-state index in [1.165, 1.54) is 26.1 Å².